The minimum Gasteiger partial charge on any atom is -0.444 e. The molecule has 0 spiro atoms. The van der Waals surface area contributed by atoms with Crippen molar-refractivity contribution in [3.63, 3.8) is 0 Å². The molecule has 138 valence electrons. The molecule has 1 atom stereocenters. The van der Waals surface area contributed by atoms with Gasteiger partial charge in [0, 0.05) is 31.9 Å². The maximum atomic E-state index is 12.0. The lowest BCUT2D eigenvalue weighted by Crippen LogP contribution is -2.43. The minimum absolute atomic E-state index is 0.0128. The Morgan fingerprint density at radius 3 is 2.68 bits per heavy atom. The molecule has 25 heavy (non-hydrogen) atoms. The molecule has 1 N–H and O–H groups in total. The molecule has 1 aromatic carbocycles. The zero-order valence-corrected chi connectivity index (χ0v) is 15.8. The van der Waals surface area contributed by atoms with E-state index in [4.69, 9.17) is 4.74 Å². The summed E-state index contributed by atoms with van der Waals surface area (Å²) in [5.41, 5.74) is 2.03. The Balaban J connectivity index is 1.77. The Morgan fingerprint density at radius 1 is 1.32 bits per heavy atom. The van der Waals surface area contributed by atoms with E-state index >= 15 is 0 Å². The van der Waals surface area contributed by atoms with Crippen LogP contribution in [0.15, 0.2) is 24.3 Å². The number of likely N-dealkylation sites (N-methyl/N-ethyl adjacent to an activating group) is 1. The summed E-state index contributed by atoms with van der Waals surface area (Å²) < 4.78 is 5.24. The van der Waals surface area contributed by atoms with E-state index < -0.39 is 11.7 Å². The maximum Gasteiger partial charge on any atom is 0.410 e. The molecule has 2 rings (SSSR count). The average molecular weight is 347 g/mol. The van der Waals surface area contributed by atoms with Gasteiger partial charge < -0.3 is 19.9 Å². The van der Waals surface area contributed by atoms with Gasteiger partial charge in [-0.25, -0.2) is 4.79 Å². The number of anilines is 1. The summed E-state index contributed by atoms with van der Waals surface area (Å²) in [5.74, 6) is -0.187. The van der Waals surface area contributed by atoms with E-state index in [0.717, 1.165) is 13.0 Å². The van der Waals surface area contributed by atoms with E-state index in [1.54, 1.807) is 27.8 Å². The third-order valence-corrected chi connectivity index (χ3v) is 4.11. The Bertz CT molecular complexity index is 625. The highest BCUT2D eigenvalue weighted by Gasteiger charge is 2.25. The van der Waals surface area contributed by atoms with Gasteiger partial charge in [-0.05, 0) is 45.7 Å². The monoisotopic (exact) mass is 347 g/mol. The van der Waals surface area contributed by atoms with Crippen molar-refractivity contribution in [1.29, 1.82) is 0 Å². The second kappa shape index (κ2) is 7.76. The van der Waals surface area contributed by atoms with Crippen molar-refractivity contribution in [2.24, 2.45) is 0 Å². The van der Waals surface area contributed by atoms with Crippen LogP contribution in [-0.4, -0.2) is 55.2 Å². The molecule has 1 aliphatic heterocycles. The third kappa shape index (κ3) is 5.37. The first-order chi connectivity index (χ1) is 11.7. The third-order valence-electron chi connectivity index (χ3n) is 4.11. The van der Waals surface area contributed by atoms with Crippen LogP contribution in [0.4, 0.5) is 10.5 Å². The summed E-state index contributed by atoms with van der Waals surface area (Å²) >= 11 is 0. The number of amides is 2. The summed E-state index contributed by atoms with van der Waals surface area (Å²) in [7, 11) is 1.56. The molecule has 6 heteroatoms. The van der Waals surface area contributed by atoms with Gasteiger partial charge in [0.1, 0.15) is 12.1 Å². The standard InChI is InChI=1S/C19H29N3O3/c1-14-12-15-8-6-7-9-16(15)22(14)11-10-20-17(23)13-21(5)18(24)25-19(2,3)4/h6-9,14H,10-13H2,1-5H3,(H,20,23). The fourth-order valence-corrected chi connectivity index (χ4v) is 2.96. The highest BCUT2D eigenvalue weighted by molar-refractivity contribution is 5.82. The Kier molecular flexibility index (Phi) is 5.93. The smallest absolute Gasteiger partial charge is 0.410 e. The first-order valence-electron chi connectivity index (χ1n) is 8.73. The molecule has 1 unspecified atom stereocenters. The van der Waals surface area contributed by atoms with Crippen molar-refractivity contribution in [1.82, 2.24) is 10.2 Å². The van der Waals surface area contributed by atoms with E-state index in [1.165, 1.54) is 16.2 Å². The van der Waals surface area contributed by atoms with Gasteiger partial charge in [0.05, 0.1) is 0 Å². The number of carbonyl (C=O) groups excluding carboxylic acids is 2. The number of nitrogens with one attached hydrogen (secondary N) is 1. The SMILES string of the molecule is CC1Cc2ccccc2N1CCNC(=O)CN(C)C(=O)OC(C)(C)C. The second-order valence-electron chi connectivity index (χ2n) is 7.56. The Morgan fingerprint density at radius 2 is 2.00 bits per heavy atom. The average Bonchev–Trinajstić information content (AvgIpc) is 2.81. The normalized spacial score (nSPS) is 16.4. The van der Waals surface area contributed by atoms with Crippen LogP contribution in [0.1, 0.15) is 33.3 Å². The number of hydrogen-bond donors (Lipinski definition) is 1. The van der Waals surface area contributed by atoms with Gasteiger partial charge in [0.15, 0.2) is 0 Å². The zero-order chi connectivity index (χ0) is 18.6. The number of rotatable bonds is 5. The highest BCUT2D eigenvalue weighted by Crippen LogP contribution is 2.31. The molecule has 2 amide bonds. The predicted molar refractivity (Wildman–Crippen MR) is 98.8 cm³/mol. The molecule has 0 radical (unpaired) electrons. The van der Waals surface area contributed by atoms with E-state index in [2.05, 4.69) is 35.3 Å². The molecule has 0 fully saturated rings. The summed E-state index contributed by atoms with van der Waals surface area (Å²) in [6, 6.07) is 8.80. The summed E-state index contributed by atoms with van der Waals surface area (Å²) in [6.07, 6.45) is 0.538. The molecular formula is C19H29N3O3. The first-order valence-corrected chi connectivity index (χ1v) is 8.73. The van der Waals surface area contributed by atoms with Crippen LogP contribution in [-0.2, 0) is 16.0 Å². The van der Waals surface area contributed by atoms with Gasteiger partial charge in [-0.3, -0.25) is 4.79 Å². The molecule has 0 aromatic heterocycles. The topological polar surface area (TPSA) is 61.9 Å². The van der Waals surface area contributed by atoms with Gasteiger partial charge in [-0.1, -0.05) is 18.2 Å². The Labute approximate surface area is 150 Å². The zero-order valence-electron chi connectivity index (χ0n) is 15.8. The summed E-state index contributed by atoms with van der Waals surface area (Å²) in [4.78, 5) is 27.5. The van der Waals surface area contributed by atoms with E-state index in [9.17, 15) is 9.59 Å². The van der Waals surface area contributed by atoms with Gasteiger partial charge in [-0.2, -0.15) is 0 Å². The molecule has 0 aliphatic carbocycles. The van der Waals surface area contributed by atoms with Gasteiger partial charge in [0.25, 0.3) is 0 Å². The maximum absolute atomic E-state index is 12.0. The number of fused-ring (bicyclic) bond motifs is 1. The number of para-hydroxylation sites is 1. The number of hydrogen-bond acceptors (Lipinski definition) is 4. The Hall–Kier alpha value is -2.24. The van der Waals surface area contributed by atoms with Crippen molar-refractivity contribution in [2.75, 3.05) is 31.6 Å². The van der Waals surface area contributed by atoms with Gasteiger partial charge in [-0.15, -0.1) is 0 Å². The van der Waals surface area contributed by atoms with Crippen LogP contribution in [0, 0.1) is 0 Å². The lowest BCUT2D eigenvalue weighted by atomic mass is 10.1. The number of benzene rings is 1. The van der Waals surface area contributed by atoms with Crippen molar-refractivity contribution in [2.45, 2.75) is 45.8 Å². The number of ether oxygens (including phenoxy) is 1. The fraction of sp³-hybridized carbons (Fsp3) is 0.579. The van der Waals surface area contributed by atoms with E-state index in [-0.39, 0.29) is 12.5 Å². The van der Waals surface area contributed by atoms with Gasteiger partial charge >= 0.3 is 6.09 Å². The van der Waals surface area contributed by atoms with Crippen LogP contribution < -0.4 is 10.2 Å². The lowest BCUT2D eigenvalue weighted by molar-refractivity contribution is -0.121. The molecule has 6 nitrogen and oxygen atoms in total. The van der Waals surface area contributed by atoms with Crippen LogP contribution in [0.25, 0.3) is 0 Å². The molecular weight excluding hydrogens is 318 g/mol. The largest absolute Gasteiger partial charge is 0.444 e. The van der Waals surface area contributed by atoms with Crippen LogP contribution in [0.5, 0.6) is 0 Å². The quantitative estimate of drug-likeness (QED) is 0.889. The molecule has 0 saturated heterocycles. The minimum atomic E-state index is -0.568. The van der Waals surface area contributed by atoms with Crippen LogP contribution >= 0.6 is 0 Å². The molecule has 1 aromatic rings. The number of nitrogens with zero attached hydrogens (tertiary/aromatic N) is 2. The van der Waals surface area contributed by atoms with Crippen molar-refractivity contribution < 1.29 is 14.3 Å². The summed E-state index contributed by atoms with van der Waals surface area (Å²) in [6.45, 7) is 8.87. The van der Waals surface area contributed by atoms with Crippen LogP contribution in [0.3, 0.4) is 0 Å². The second-order valence-corrected chi connectivity index (χ2v) is 7.56. The van der Waals surface area contributed by atoms with Crippen molar-refractivity contribution >= 4 is 17.7 Å². The van der Waals surface area contributed by atoms with Crippen molar-refractivity contribution in [3.05, 3.63) is 29.8 Å². The molecule has 1 aliphatic rings. The van der Waals surface area contributed by atoms with E-state index in [0.29, 0.717) is 12.6 Å². The highest BCUT2D eigenvalue weighted by atomic mass is 16.6. The molecule has 0 bridgehead atoms. The predicted octanol–water partition coefficient (Wildman–Crippen LogP) is 2.42. The van der Waals surface area contributed by atoms with E-state index in [1.807, 2.05) is 6.07 Å². The van der Waals surface area contributed by atoms with Crippen molar-refractivity contribution in [3.8, 4) is 0 Å². The first kappa shape index (κ1) is 19.1. The molecule has 1 heterocycles. The number of carbonyl (C=O) groups is 2. The fourth-order valence-electron chi connectivity index (χ4n) is 2.96. The summed E-state index contributed by atoms with van der Waals surface area (Å²) in [5, 5.41) is 2.88. The lowest BCUT2D eigenvalue weighted by Gasteiger charge is -2.26. The van der Waals surface area contributed by atoms with Crippen LogP contribution in [0.2, 0.25) is 0 Å². The van der Waals surface area contributed by atoms with Gasteiger partial charge in [0.2, 0.25) is 5.91 Å². The molecule has 0 saturated carbocycles.